The van der Waals surface area contributed by atoms with Gasteiger partial charge in [-0.1, -0.05) is 40.0 Å². The third kappa shape index (κ3) is 2.70. The molecule has 1 rings (SSSR count). The maximum atomic E-state index is 6.29. The van der Waals surface area contributed by atoms with Gasteiger partial charge in [-0.2, -0.15) is 0 Å². The van der Waals surface area contributed by atoms with Gasteiger partial charge in [0.15, 0.2) is 0 Å². The van der Waals surface area contributed by atoms with E-state index in [2.05, 4.69) is 20.8 Å². The van der Waals surface area contributed by atoms with Crippen molar-refractivity contribution in [1.82, 2.24) is 0 Å². The van der Waals surface area contributed by atoms with Crippen molar-refractivity contribution < 1.29 is 0 Å². The van der Waals surface area contributed by atoms with Gasteiger partial charge in [0.25, 0.3) is 0 Å². The van der Waals surface area contributed by atoms with Gasteiger partial charge >= 0.3 is 0 Å². The van der Waals surface area contributed by atoms with Crippen molar-refractivity contribution in [3.63, 3.8) is 0 Å². The Kier molecular flexibility index (Phi) is 3.78. The highest BCUT2D eigenvalue weighted by atomic mass is 14.7. The van der Waals surface area contributed by atoms with Crippen LogP contribution in [0.15, 0.2) is 0 Å². The van der Waals surface area contributed by atoms with Crippen molar-refractivity contribution in [2.24, 2.45) is 17.1 Å². The van der Waals surface area contributed by atoms with Gasteiger partial charge in [0.05, 0.1) is 0 Å². The lowest BCUT2D eigenvalue weighted by Gasteiger charge is -2.32. The molecule has 2 N–H and O–H groups in total. The summed E-state index contributed by atoms with van der Waals surface area (Å²) in [5, 5.41) is 0. The van der Waals surface area contributed by atoms with E-state index in [4.69, 9.17) is 5.73 Å². The average Bonchev–Trinajstić information content (AvgIpc) is 2.53. The summed E-state index contributed by atoms with van der Waals surface area (Å²) in [6.07, 6.45) is 7.97. The summed E-state index contributed by atoms with van der Waals surface area (Å²) in [5.74, 6) is 0.799. The third-order valence-electron chi connectivity index (χ3n) is 3.99. The van der Waals surface area contributed by atoms with Gasteiger partial charge in [0.2, 0.25) is 0 Å². The van der Waals surface area contributed by atoms with E-state index in [-0.39, 0.29) is 0 Å². The lowest BCUT2D eigenvalue weighted by Crippen LogP contribution is -2.38. The first-order valence-electron chi connectivity index (χ1n) is 5.84. The molecule has 0 saturated heterocycles. The van der Waals surface area contributed by atoms with E-state index >= 15 is 0 Å². The van der Waals surface area contributed by atoms with E-state index in [9.17, 15) is 0 Å². The lowest BCUT2D eigenvalue weighted by molar-refractivity contribution is 0.228. The summed E-state index contributed by atoms with van der Waals surface area (Å²) in [4.78, 5) is 0. The molecule has 0 aromatic heterocycles. The summed E-state index contributed by atoms with van der Waals surface area (Å²) in [6.45, 7) is 6.96. The van der Waals surface area contributed by atoms with Crippen LogP contribution in [0.5, 0.6) is 0 Å². The SMILES string of the molecule is CCC(C)CC(N)C1(C)CCCC1. The highest BCUT2D eigenvalue weighted by molar-refractivity contribution is 4.89. The molecule has 13 heavy (non-hydrogen) atoms. The summed E-state index contributed by atoms with van der Waals surface area (Å²) in [6, 6.07) is 0.435. The summed E-state index contributed by atoms with van der Waals surface area (Å²) < 4.78 is 0. The lowest BCUT2D eigenvalue weighted by atomic mass is 9.77. The maximum Gasteiger partial charge on any atom is 0.00954 e. The Balaban J connectivity index is 2.41. The first-order valence-corrected chi connectivity index (χ1v) is 5.84. The summed E-state index contributed by atoms with van der Waals surface area (Å²) >= 11 is 0. The molecular formula is C12H25N. The van der Waals surface area contributed by atoms with E-state index in [1.807, 2.05) is 0 Å². The maximum absolute atomic E-state index is 6.29. The highest BCUT2D eigenvalue weighted by Crippen LogP contribution is 2.41. The molecule has 1 saturated carbocycles. The molecule has 0 heterocycles. The first kappa shape index (κ1) is 11.0. The molecule has 1 aliphatic rings. The van der Waals surface area contributed by atoms with Crippen molar-refractivity contribution in [1.29, 1.82) is 0 Å². The van der Waals surface area contributed by atoms with E-state index < -0.39 is 0 Å². The summed E-state index contributed by atoms with van der Waals surface area (Å²) in [5.41, 5.74) is 6.75. The van der Waals surface area contributed by atoms with Crippen LogP contribution in [-0.2, 0) is 0 Å². The van der Waals surface area contributed by atoms with Crippen LogP contribution in [0.4, 0.5) is 0 Å². The van der Waals surface area contributed by atoms with Crippen LogP contribution >= 0.6 is 0 Å². The molecule has 1 aliphatic carbocycles. The second-order valence-electron chi connectivity index (χ2n) is 5.22. The standard InChI is InChI=1S/C12H25N/c1-4-10(2)9-11(13)12(3)7-5-6-8-12/h10-11H,4-9,13H2,1-3H3. The molecule has 1 heteroatoms. The minimum atomic E-state index is 0.435. The molecule has 0 spiro atoms. The molecule has 0 aliphatic heterocycles. The number of hydrogen-bond donors (Lipinski definition) is 1. The fourth-order valence-electron chi connectivity index (χ4n) is 2.44. The molecule has 0 amide bonds. The van der Waals surface area contributed by atoms with Gasteiger partial charge in [-0.15, -0.1) is 0 Å². The molecule has 0 radical (unpaired) electrons. The van der Waals surface area contributed by atoms with Gasteiger partial charge < -0.3 is 5.73 Å². The van der Waals surface area contributed by atoms with Gasteiger partial charge in [-0.05, 0) is 30.6 Å². The Labute approximate surface area is 83.1 Å². The Morgan fingerprint density at radius 3 is 2.31 bits per heavy atom. The summed E-state index contributed by atoms with van der Waals surface area (Å²) in [7, 11) is 0. The van der Waals surface area contributed by atoms with Gasteiger partial charge in [-0.3, -0.25) is 0 Å². The normalized spacial score (nSPS) is 25.8. The van der Waals surface area contributed by atoms with Crippen molar-refractivity contribution in [2.75, 3.05) is 0 Å². The Bertz CT molecular complexity index is 147. The van der Waals surface area contributed by atoms with Gasteiger partial charge in [0, 0.05) is 6.04 Å². The van der Waals surface area contributed by atoms with Crippen LogP contribution in [-0.4, -0.2) is 6.04 Å². The zero-order valence-corrected chi connectivity index (χ0v) is 9.47. The molecule has 2 atom stereocenters. The van der Waals surface area contributed by atoms with Gasteiger partial charge in [0.1, 0.15) is 0 Å². The fraction of sp³-hybridized carbons (Fsp3) is 1.00. The molecule has 1 fully saturated rings. The van der Waals surface area contributed by atoms with Gasteiger partial charge in [-0.25, -0.2) is 0 Å². The highest BCUT2D eigenvalue weighted by Gasteiger charge is 2.34. The van der Waals surface area contributed by atoms with E-state index in [0.717, 1.165) is 5.92 Å². The second-order valence-corrected chi connectivity index (χ2v) is 5.22. The molecule has 1 nitrogen and oxygen atoms in total. The molecule has 78 valence electrons. The topological polar surface area (TPSA) is 26.0 Å². The van der Waals surface area contributed by atoms with Crippen molar-refractivity contribution >= 4 is 0 Å². The smallest absolute Gasteiger partial charge is 0.00954 e. The number of nitrogens with two attached hydrogens (primary N) is 1. The molecule has 0 bridgehead atoms. The monoisotopic (exact) mass is 183 g/mol. The Morgan fingerprint density at radius 1 is 1.31 bits per heavy atom. The van der Waals surface area contributed by atoms with E-state index in [0.29, 0.717) is 11.5 Å². The third-order valence-corrected chi connectivity index (χ3v) is 3.99. The molecule has 0 aromatic carbocycles. The van der Waals surface area contributed by atoms with Crippen LogP contribution < -0.4 is 5.73 Å². The van der Waals surface area contributed by atoms with Crippen LogP contribution in [0.2, 0.25) is 0 Å². The van der Waals surface area contributed by atoms with E-state index in [1.54, 1.807) is 0 Å². The van der Waals surface area contributed by atoms with Crippen LogP contribution in [0, 0.1) is 11.3 Å². The first-order chi connectivity index (χ1) is 6.08. The molecule has 2 unspecified atom stereocenters. The second kappa shape index (κ2) is 4.45. The average molecular weight is 183 g/mol. The zero-order valence-electron chi connectivity index (χ0n) is 9.47. The Hall–Kier alpha value is -0.0400. The predicted molar refractivity (Wildman–Crippen MR) is 58.6 cm³/mol. The van der Waals surface area contributed by atoms with Crippen molar-refractivity contribution in [2.45, 2.75) is 65.3 Å². The van der Waals surface area contributed by atoms with Crippen LogP contribution in [0.25, 0.3) is 0 Å². The number of hydrogen-bond acceptors (Lipinski definition) is 1. The van der Waals surface area contributed by atoms with Crippen LogP contribution in [0.1, 0.15) is 59.3 Å². The molecule has 0 aromatic rings. The fourth-order valence-corrected chi connectivity index (χ4v) is 2.44. The van der Waals surface area contributed by atoms with E-state index in [1.165, 1.54) is 38.5 Å². The number of rotatable bonds is 4. The Morgan fingerprint density at radius 2 is 1.85 bits per heavy atom. The molecular weight excluding hydrogens is 158 g/mol. The quantitative estimate of drug-likeness (QED) is 0.711. The van der Waals surface area contributed by atoms with Crippen LogP contribution in [0.3, 0.4) is 0 Å². The zero-order chi connectivity index (χ0) is 9.90. The minimum Gasteiger partial charge on any atom is -0.327 e. The predicted octanol–water partition coefficient (Wildman–Crippen LogP) is 3.33. The minimum absolute atomic E-state index is 0.435. The largest absolute Gasteiger partial charge is 0.327 e. The van der Waals surface area contributed by atoms with Crippen molar-refractivity contribution in [3.05, 3.63) is 0 Å². The van der Waals surface area contributed by atoms with Crippen molar-refractivity contribution in [3.8, 4) is 0 Å².